The summed E-state index contributed by atoms with van der Waals surface area (Å²) in [5, 5.41) is 0. The first-order valence-corrected chi connectivity index (χ1v) is 7.54. The van der Waals surface area contributed by atoms with Crippen LogP contribution in [0.3, 0.4) is 0 Å². The number of aromatic nitrogens is 2. The maximum Gasteiger partial charge on any atom is 0.150 e. The Labute approximate surface area is 97.7 Å². The van der Waals surface area contributed by atoms with Gasteiger partial charge in [0.05, 0.1) is 17.8 Å². The molecule has 0 aromatic carbocycles. The number of nitrogens with zero attached hydrogens (tertiary/aromatic N) is 2. The van der Waals surface area contributed by atoms with Gasteiger partial charge < -0.3 is 4.57 Å². The summed E-state index contributed by atoms with van der Waals surface area (Å²) in [5.41, 5.74) is 0. The Morgan fingerprint density at radius 1 is 1.47 bits per heavy atom. The van der Waals surface area contributed by atoms with Crippen LogP contribution in [0.15, 0.2) is 17.1 Å². The highest BCUT2D eigenvalue weighted by Gasteiger charge is 2.23. The van der Waals surface area contributed by atoms with E-state index in [1.807, 2.05) is 10.8 Å². The summed E-state index contributed by atoms with van der Waals surface area (Å²) < 4.78 is 25.3. The molecular formula is C9H13BrN2O2S. The lowest BCUT2D eigenvalue weighted by molar-refractivity contribution is 0.404. The minimum atomic E-state index is -2.74. The molecule has 0 spiro atoms. The fourth-order valence-electron chi connectivity index (χ4n) is 1.85. The van der Waals surface area contributed by atoms with E-state index in [1.165, 1.54) is 0 Å². The smallest absolute Gasteiger partial charge is 0.150 e. The average Bonchev–Trinajstić information content (AvgIpc) is 2.55. The Morgan fingerprint density at radius 3 is 2.67 bits per heavy atom. The molecule has 6 heteroatoms. The second-order valence-electron chi connectivity index (χ2n) is 3.99. The quantitative estimate of drug-likeness (QED) is 0.829. The van der Waals surface area contributed by atoms with Gasteiger partial charge in [-0.1, -0.05) is 0 Å². The van der Waals surface area contributed by atoms with Crippen molar-refractivity contribution in [3.8, 4) is 0 Å². The Kier molecular flexibility index (Phi) is 3.16. The average molecular weight is 293 g/mol. The fraction of sp³-hybridized carbons (Fsp3) is 0.667. The van der Waals surface area contributed by atoms with Crippen molar-refractivity contribution in [1.82, 2.24) is 9.55 Å². The lowest BCUT2D eigenvalue weighted by Crippen LogP contribution is -2.25. The van der Waals surface area contributed by atoms with Gasteiger partial charge in [0.25, 0.3) is 0 Å². The van der Waals surface area contributed by atoms with E-state index >= 15 is 0 Å². The molecule has 0 aliphatic carbocycles. The van der Waals surface area contributed by atoms with Crippen molar-refractivity contribution in [2.45, 2.75) is 19.4 Å². The van der Waals surface area contributed by atoms with Crippen LogP contribution in [-0.4, -0.2) is 29.5 Å². The number of hydrogen-bond donors (Lipinski definition) is 0. The van der Waals surface area contributed by atoms with Crippen molar-refractivity contribution in [3.05, 3.63) is 17.1 Å². The highest BCUT2D eigenvalue weighted by atomic mass is 79.9. The normalized spacial score (nSPS) is 21.7. The molecule has 0 bridgehead atoms. The molecule has 1 aromatic rings. The number of sulfone groups is 1. The second-order valence-corrected chi connectivity index (χ2v) is 7.10. The summed E-state index contributed by atoms with van der Waals surface area (Å²) in [6, 6.07) is 0. The lowest BCUT2D eigenvalue weighted by atomic mass is 10.0. The first-order valence-electron chi connectivity index (χ1n) is 4.93. The molecule has 0 radical (unpaired) electrons. The molecule has 2 heterocycles. The van der Waals surface area contributed by atoms with Gasteiger partial charge in [0.2, 0.25) is 0 Å². The molecule has 0 N–H and O–H groups in total. The van der Waals surface area contributed by atoms with E-state index in [-0.39, 0.29) is 0 Å². The zero-order valence-corrected chi connectivity index (χ0v) is 10.7. The molecule has 15 heavy (non-hydrogen) atoms. The summed E-state index contributed by atoms with van der Waals surface area (Å²) >= 11 is 3.29. The van der Waals surface area contributed by atoms with Gasteiger partial charge in [-0.05, 0) is 34.7 Å². The molecule has 1 aliphatic heterocycles. The first kappa shape index (κ1) is 11.1. The van der Waals surface area contributed by atoms with Crippen LogP contribution < -0.4 is 0 Å². The van der Waals surface area contributed by atoms with Crippen LogP contribution >= 0.6 is 15.9 Å². The van der Waals surface area contributed by atoms with Crippen LogP contribution in [0.1, 0.15) is 12.8 Å². The fourth-order valence-corrected chi connectivity index (χ4v) is 3.80. The van der Waals surface area contributed by atoms with Gasteiger partial charge in [0.1, 0.15) is 14.4 Å². The number of imidazole rings is 1. The van der Waals surface area contributed by atoms with E-state index in [4.69, 9.17) is 0 Å². The molecule has 0 atom stereocenters. The standard InChI is InChI=1S/C9H13BrN2O2S/c10-9-6-12(7-11-9)5-8-1-3-15(13,14)4-2-8/h6-8H,1-5H2. The molecule has 1 fully saturated rings. The molecule has 4 nitrogen and oxygen atoms in total. The topological polar surface area (TPSA) is 52.0 Å². The third-order valence-corrected chi connectivity index (χ3v) is 4.87. The highest BCUT2D eigenvalue weighted by Crippen LogP contribution is 2.21. The van der Waals surface area contributed by atoms with Crippen LogP contribution in [-0.2, 0) is 16.4 Å². The predicted molar refractivity (Wildman–Crippen MR) is 61.3 cm³/mol. The van der Waals surface area contributed by atoms with Gasteiger partial charge in [-0.2, -0.15) is 0 Å². The van der Waals surface area contributed by atoms with Gasteiger partial charge in [-0.15, -0.1) is 0 Å². The SMILES string of the molecule is O=S1(=O)CCC(Cn2cnc(Br)c2)CC1. The third-order valence-electron chi connectivity index (χ3n) is 2.74. The van der Waals surface area contributed by atoms with Crippen molar-refractivity contribution >= 4 is 25.8 Å². The van der Waals surface area contributed by atoms with Crippen LogP contribution in [0, 0.1) is 5.92 Å². The van der Waals surface area contributed by atoms with Gasteiger partial charge in [-0.25, -0.2) is 13.4 Å². The summed E-state index contributed by atoms with van der Waals surface area (Å²) in [6.07, 6.45) is 5.24. The number of halogens is 1. The van der Waals surface area contributed by atoms with E-state index in [1.54, 1.807) is 6.33 Å². The lowest BCUT2D eigenvalue weighted by Gasteiger charge is -2.21. The zero-order valence-electron chi connectivity index (χ0n) is 8.26. The molecule has 0 unspecified atom stereocenters. The molecule has 0 amide bonds. The summed E-state index contributed by atoms with van der Waals surface area (Å²) in [7, 11) is -2.74. The number of hydrogen-bond acceptors (Lipinski definition) is 3. The van der Waals surface area contributed by atoms with E-state index in [2.05, 4.69) is 20.9 Å². The minimum Gasteiger partial charge on any atom is -0.336 e. The van der Waals surface area contributed by atoms with E-state index in [0.717, 1.165) is 24.0 Å². The molecule has 2 rings (SSSR count). The number of rotatable bonds is 2. The maximum atomic E-state index is 11.2. The molecule has 0 saturated carbocycles. The van der Waals surface area contributed by atoms with Crippen molar-refractivity contribution in [2.75, 3.05) is 11.5 Å². The second kappa shape index (κ2) is 4.25. The minimum absolute atomic E-state index is 0.341. The van der Waals surface area contributed by atoms with Crippen molar-refractivity contribution in [2.24, 2.45) is 5.92 Å². The van der Waals surface area contributed by atoms with Crippen LogP contribution in [0.4, 0.5) is 0 Å². The summed E-state index contributed by atoms with van der Waals surface area (Å²) in [6.45, 7) is 0.869. The molecular weight excluding hydrogens is 280 g/mol. The monoisotopic (exact) mass is 292 g/mol. The Balaban J connectivity index is 1.92. The first-order chi connectivity index (χ1) is 7.05. The van der Waals surface area contributed by atoms with Crippen LogP contribution in [0.2, 0.25) is 0 Å². The van der Waals surface area contributed by atoms with Gasteiger partial charge in [0, 0.05) is 12.7 Å². The Bertz CT molecular complexity index is 427. The Hall–Kier alpha value is -0.360. The van der Waals surface area contributed by atoms with E-state index in [0.29, 0.717) is 17.4 Å². The zero-order chi connectivity index (χ0) is 10.9. The van der Waals surface area contributed by atoms with Crippen LogP contribution in [0.25, 0.3) is 0 Å². The largest absolute Gasteiger partial charge is 0.336 e. The summed E-state index contributed by atoms with van der Waals surface area (Å²) in [4.78, 5) is 4.07. The third kappa shape index (κ3) is 3.04. The predicted octanol–water partition coefficient (Wildman–Crippen LogP) is 1.47. The van der Waals surface area contributed by atoms with Crippen molar-refractivity contribution < 1.29 is 8.42 Å². The van der Waals surface area contributed by atoms with Gasteiger partial charge in [-0.3, -0.25) is 0 Å². The van der Waals surface area contributed by atoms with Gasteiger partial charge >= 0.3 is 0 Å². The van der Waals surface area contributed by atoms with Gasteiger partial charge in [0.15, 0.2) is 0 Å². The molecule has 1 saturated heterocycles. The maximum absolute atomic E-state index is 11.2. The molecule has 84 valence electrons. The van der Waals surface area contributed by atoms with E-state index < -0.39 is 9.84 Å². The molecule has 1 aromatic heterocycles. The summed E-state index contributed by atoms with van der Waals surface area (Å²) in [5.74, 6) is 1.15. The molecule has 1 aliphatic rings. The van der Waals surface area contributed by atoms with E-state index in [9.17, 15) is 8.42 Å². The van der Waals surface area contributed by atoms with Crippen molar-refractivity contribution in [3.63, 3.8) is 0 Å². The van der Waals surface area contributed by atoms with Crippen molar-refractivity contribution in [1.29, 1.82) is 0 Å². The Morgan fingerprint density at radius 2 is 2.13 bits per heavy atom. The van der Waals surface area contributed by atoms with Crippen LogP contribution in [0.5, 0.6) is 0 Å². The highest BCUT2D eigenvalue weighted by molar-refractivity contribution is 9.10.